The molecule has 1 aromatic rings. The lowest BCUT2D eigenvalue weighted by Crippen LogP contribution is -2.08. The molecule has 0 N–H and O–H groups in total. The number of hydrogen-bond acceptors (Lipinski definition) is 3. The summed E-state index contributed by atoms with van der Waals surface area (Å²) < 4.78 is 22.6. The molecule has 0 radical (unpaired) electrons. The summed E-state index contributed by atoms with van der Waals surface area (Å²) in [5, 5.41) is 0. The van der Waals surface area contributed by atoms with Gasteiger partial charge in [-0.25, -0.2) is 4.39 Å². The molecule has 15 heavy (non-hydrogen) atoms. The summed E-state index contributed by atoms with van der Waals surface area (Å²) in [5.41, 5.74) is 0.486. The molecule has 1 rings (SSSR count). The van der Waals surface area contributed by atoms with Gasteiger partial charge >= 0.3 is 5.97 Å². The van der Waals surface area contributed by atoms with E-state index in [4.69, 9.17) is 4.74 Å². The van der Waals surface area contributed by atoms with Crippen LogP contribution in [0.15, 0.2) is 18.2 Å². The van der Waals surface area contributed by atoms with E-state index in [2.05, 4.69) is 20.7 Å². The molecule has 5 heteroatoms. The maximum absolute atomic E-state index is 13.3. The summed E-state index contributed by atoms with van der Waals surface area (Å²) in [6.45, 7) is 0. The van der Waals surface area contributed by atoms with Crippen LogP contribution >= 0.6 is 15.9 Å². The first-order valence-electron chi connectivity index (χ1n) is 4.15. The van der Waals surface area contributed by atoms with Gasteiger partial charge < -0.3 is 9.47 Å². The van der Waals surface area contributed by atoms with Crippen molar-refractivity contribution in [1.29, 1.82) is 0 Å². The number of hydrogen-bond donors (Lipinski definition) is 0. The molecule has 0 aliphatic heterocycles. The molecule has 0 heterocycles. The Morgan fingerprint density at radius 3 is 2.60 bits per heavy atom. The maximum atomic E-state index is 13.3. The van der Waals surface area contributed by atoms with E-state index in [1.165, 1.54) is 26.4 Å². The lowest BCUT2D eigenvalue weighted by atomic mass is 10.1. The minimum atomic E-state index is -0.664. The highest BCUT2D eigenvalue weighted by Crippen LogP contribution is 2.27. The minimum absolute atomic E-state index is 0.142. The standard InChI is InChI=1S/C10H10BrFO3/c1-14-8-4-3-6(5-7(8)12)9(11)10(13)15-2/h3-5,9H,1-2H3. The van der Waals surface area contributed by atoms with Crippen molar-refractivity contribution in [2.45, 2.75) is 4.83 Å². The monoisotopic (exact) mass is 276 g/mol. The predicted molar refractivity (Wildman–Crippen MR) is 56.6 cm³/mol. The van der Waals surface area contributed by atoms with E-state index < -0.39 is 16.6 Å². The van der Waals surface area contributed by atoms with Crippen LogP contribution in [0.2, 0.25) is 0 Å². The van der Waals surface area contributed by atoms with E-state index in [9.17, 15) is 9.18 Å². The Hall–Kier alpha value is -1.10. The number of alkyl halides is 1. The Balaban J connectivity index is 2.97. The Kier molecular flexibility index (Phi) is 4.08. The number of benzene rings is 1. The van der Waals surface area contributed by atoms with Crippen LogP contribution in [0.25, 0.3) is 0 Å². The van der Waals surface area contributed by atoms with Crippen LogP contribution in [0.3, 0.4) is 0 Å². The van der Waals surface area contributed by atoms with Crippen LogP contribution < -0.4 is 4.74 Å². The average Bonchev–Trinajstić information content (AvgIpc) is 2.26. The molecule has 82 valence electrons. The topological polar surface area (TPSA) is 35.5 Å². The number of methoxy groups -OCH3 is 2. The summed E-state index contributed by atoms with van der Waals surface area (Å²) >= 11 is 3.11. The molecule has 0 amide bonds. The van der Waals surface area contributed by atoms with Gasteiger partial charge in [-0.05, 0) is 17.7 Å². The summed E-state index contributed by atoms with van der Waals surface area (Å²) in [5.74, 6) is -0.841. The molecule has 0 saturated carbocycles. The molecule has 3 nitrogen and oxygen atoms in total. The van der Waals surface area contributed by atoms with Crippen LogP contribution in [-0.4, -0.2) is 20.2 Å². The van der Waals surface area contributed by atoms with Crippen molar-refractivity contribution in [3.05, 3.63) is 29.6 Å². The zero-order valence-corrected chi connectivity index (χ0v) is 9.88. The van der Waals surface area contributed by atoms with Crippen LogP contribution in [0.5, 0.6) is 5.75 Å². The van der Waals surface area contributed by atoms with Gasteiger partial charge in [-0.3, -0.25) is 4.79 Å². The van der Waals surface area contributed by atoms with Crippen molar-refractivity contribution >= 4 is 21.9 Å². The van der Waals surface area contributed by atoms with Gasteiger partial charge in [0, 0.05) is 0 Å². The zero-order valence-electron chi connectivity index (χ0n) is 8.29. The van der Waals surface area contributed by atoms with E-state index in [-0.39, 0.29) is 5.75 Å². The van der Waals surface area contributed by atoms with E-state index in [1.807, 2.05) is 0 Å². The lowest BCUT2D eigenvalue weighted by molar-refractivity contribution is -0.139. The van der Waals surface area contributed by atoms with Crippen molar-refractivity contribution in [3.63, 3.8) is 0 Å². The van der Waals surface area contributed by atoms with Gasteiger partial charge in [0.1, 0.15) is 4.83 Å². The molecule has 0 aliphatic carbocycles. The molecule has 1 atom stereocenters. The molecule has 0 saturated heterocycles. The highest BCUT2D eigenvalue weighted by Gasteiger charge is 2.18. The fourth-order valence-corrected chi connectivity index (χ4v) is 1.55. The molecule has 0 fully saturated rings. The largest absolute Gasteiger partial charge is 0.494 e. The summed E-state index contributed by atoms with van der Waals surface area (Å²) in [7, 11) is 2.65. The van der Waals surface area contributed by atoms with Gasteiger partial charge in [0.2, 0.25) is 0 Å². The van der Waals surface area contributed by atoms with Gasteiger partial charge in [-0.1, -0.05) is 22.0 Å². The van der Waals surface area contributed by atoms with Gasteiger partial charge in [0.15, 0.2) is 11.6 Å². The van der Waals surface area contributed by atoms with Crippen LogP contribution in [-0.2, 0) is 9.53 Å². The van der Waals surface area contributed by atoms with E-state index in [1.54, 1.807) is 6.07 Å². The minimum Gasteiger partial charge on any atom is -0.494 e. The predicted octanol–water partition coefficient (Wildman–Crippen LogP) is 2.44. The van der Waals surface area contributed by atoms with Crippen LogP contribution in [0, 0.1) is 5.82 Å². The Bertz CT molecular complexity index is 368. The third kappa shape index (κ3) is 2.68. The van der Waals surface area contributed by atoms with Crippen molar-refractivity contribution in [1.82, 2.24) is 0 Å². The van der Waals surface area contributed by atoms with Crippen LogP contribution in [0.1, 0.15) is 10.4 Å². The van der Waals surface area contributed by atoms with E-state index in [0.29, 0.717) is 5.56 Å². The smallest absolute Gasteiger partial charge is 0.324 e. The van der Waals surface area contributed by atoms with E-state index in [0.717, 1.165) is 0 Å². The van der Waals surface area contributed by atoms with Gasteiger partial charge in [0.05, 0.1) is 14.2 Å². The Labute approximate surface area is 95.3 Å². The summed E-state index contributed by atoms with van der Waals surface area (Å²) in [6, 6.07) is 4.29. The number of carbonyl (C=O) groups excluding carboxylic acids is 1. The van der Waals surface area contributed by atoms with Gasteiger partial charge in [-0.15, -0.1) is 0 Å². The van der Waals surface area contributed by atoms with Crippen molar-refractivity contribution in [2.75, 3.05) is 14.2 Å². The second-order valence-electron chi connectivity index (χ2n) is 2.78. The van der Waals surface area contributed by atoms with E-state index >= 15 is 0 Å². The number of ether oxygens (including phenoxy) is 2. The van der Waals surface area contributed by atoms with Crippen molar-refractivity contribution < 1.29 is 18.7 Å². The molecule has 0 aromatic heterocycles. The van der Waals surface area contributed by atoms with Gasteiger partial charge in [0.25, 0.3) is 0 Å². The van der Waals surface area contributed by atoms with Crippen molar-refractivity contribution in [2.24, 2.45) is 0 Å². The number of esters is 1. The van der Waals surface area contributed by atoms with Crippen LogP contribution in [0.4, 0.5) is 4.39 Å². The van der Waals surface area contributed by atoms with Crippen molar-refractivity contribution in [3.8, 4) is 5.75 Å². The zero-order chi connectivity index (χ0) is 11.4. The normalized spacial score (nSPS) is 12.0. The second kappa shape index (κ2) is 5.11. The first-order valence-corrected chi connectivity index (χ1v) is 5.07. The SMILES string of the molecule is COC(=O)C(Br)c1ccc(OC)c(F)c1. The number of carbonyl (C=O) groups is 1. The fraction of sp³-hybridized carbons (Fsp3) is 0.300. The maximum Gasteiger partial charge on any atom is 0.324 e. The first kappa shape index (κ1) is 12.0. The van der Waals surface area contributed by atoms with Gasteiger partial charge in [-0.2, -0.15) is 0 Å². The Morgan fingerprint density at radius 1 is 1.47 bits per heavy atom. The molecule has 1 unspecified atom stereocenters. The highest BCUT2D eigenvalue weighted by atomic mass is 79.9. The highest BCUT2D eigenvalue weighted by molar-refractivity contribution is 9.09. The second-order valence-corrected chi connectivity index (χ2v) is 3.70. The third-order valence-corrected chi connectivity index (χ3v) is 2.78. The molecule has 1 aromatic carbocycles. The fourth-order valence-electron chi connectivity index (χ4n) is 1.08. The number of rotatable bonds is 3. The summed E-state index contributed by atoms with van der Waals surface area (Å²) in [6.07, 6.45) is 0. The first-order chi connectivity index (χ1) is 7.10. The third-order valence-electron chi connectivity index (χ3n) is 1.88. The molecule has 0 bridgehead atoms. The average molecular weight is 277 g/mol. The quantitative estimate of drug-likeness (QED) is 0.629. The number of halogens is 2. The molecule has 0 aliphatic rings. The molecular formula is C10H10BrFO3. The molecular weight excluding hydrogens is 267 g/mol. The Morgan fingerprint density at radius 2 is 2.13 bits per heavy atom. The summed E-state index contributed by atoms with van der Waals surface area (Å²) in [4.78, 5) is 10.5. The molecule has 0 spiro atoms. The lowest BCUT2D eigenvalue weighted by Gasteiger charge is -2.09.